The molecule has 0 spiro atoms. The number of primary amides is 1. The lowest BCUT2D eigenvalue weighted by Gasteiger charge is -2.16. The predicted octanol–water partition coefficient (Wildman–Crippen LogP) is 0.273. The summed E-state index contributed by atoms with van der Waals surface area (Å²) >= 11 is 0. The molecule has 0 radical (unpaired) electrons. The molecule has 2 amide bonds. The van der Waals surface area contributed by atoms with Gasteiger partial charge in [0, 0.05) is 25.9 Å². The molecule has 3 N–H and O–H groups in total. The highest BCUT2D eigenvalue weighted by Gasteiger charge is 2.28. The molecule has 9 heteroatoms. The molecule has 0 aliphatic carbocycles. The molecular formula is C19H18N6O3. The molecule has 3 aromatic rings. The first kappa shape index (κ1) is 18.9. The number of amides is 2. The van der Waals surface area contributed by atoms with Crippen molar-refractivity contribution in [3.8, 4) is 11.4 Å². The van der Waals surface area contributed by atoms with Crippen LogP contribution in [-0.2, 0) is 23.1 Å². The molecule has 1 atom stereocenters. The molecule has 0 saturated carbocycles. The van der Waals surface area contributed by atoms with Crippen LogP contribution >= 0.6 is 0 Å². The van der Waals surface area contributed by atoms with E-state index >= 15 is 0 Å². The monoisotopic (exact) mass is 378 g/mol. The number of nitrogens with two attached hydrogens (primary N) is 1. The molecule has 1 unspecified atom stereocenters. The number of nitrogens with one attached hydrogen (secondary N) is 1. The largest absolute Gasteiger partial charge is 0.363 e. The van der Waals surface area contributed by atoms with Gasteiger partial charge in [0.15, 0.2) is 0 Å². The van der Waals surface area contributed by atoms with E-state index in [1.54, 1.807) is 31.3 Å². The van der Waals surface area contributed by atoms with Crippen molar-refractivity contribution in [3.05, 3.63) is 66.2 Å². The minimum Gasteiger partial charge on any atom is -0.363 e. The van der Waals surface area contributed by atoms with Crippen molar-refractivity contribution >= 4 is 17.6 Å². The number of aromatic nitrogens is 4. The van der Waals surface area contributed by atoms with E-state index in [0.717, 1.165) is 5.56 Å². The highest BCUT2D eigenvalue weighted by Crippen LogP contribution is 2.20. The summed E-state index contributed by atoms with van der Waals surface area (Å²) in [5.74, 6) is -2.55. The first-order chi connectivity index (χ1) is 13.5. The fourth-order valence-electron chi connectivity index (χ4n) is 2.80. The molecule has 1 aromatic carbocycles. The summed E-state index contributed by atoms with van der Waals surface area (Å²) in [5.41, 5.74) is 7.04. The van der Waals surface area contributed by atoms with Gasteiger partial charge in [0.2, 0.25) is 5.78 Å². The van der Waals surface area contributed by atoms with Crippen LogP contribution in [0.25, 0.3) is 11.4 Å². The Morgan fingerprint density at radius 2 is 1.89 bits per heavy atom. The first-order valence-corrected chi connectivity index (χ1v) is 8.44. The Kier molecular flexibility index (Phi) is 5.54. The second-order valence-corrected chi connectivity index (χ2v) is 6.07. The highest BCUT2D eigenvalue weighted by atomic mass is 16.2. The van der Waals surface area contributed by atoms with Crippen molar-refractivity contribution < 1.29 is 14.4 Å². The van der Waals surface area contributed by atoms with E-state index < -0.39 is 23.6 Å². The number of rotatable bonds is 7. The van der Waals surface area contributed by atoms with Crippen molar-refractivity contribution in [3.63, 3.8) is 0 Å². The predicted molar refractivity (Wildman–Crippen MR) is 99.8 cm³/mol. The molecule has 28 heavy (non-hydrogen) atoms. The number of aryl methyl sites for hydroxylation is 1. The lowest BCUT2D eigenvalue weighted by Crippen LogP contribution is -2.47. The fraction of sp³-hybridized carbons (Fsp3) is 0.158. The summed E-state index contributed by atoms with van der Waals surface area (Å²) in [7, 11) is 1.66. The van der Waals surface area contributed by atoms with Crippen LogP contribution in [0, 0.1) is 0 Å². The second kappa shape index (κ2) is 8.21. The number of hydrogen-bond acceptors (Lipinski definition) is 6. The van der Waals surface area contributed by atoms with E-state index in [0.29, 0.717) is 11.4 Å². The minimum absolute atomic E-state index is 0.134. The number of carbonyl (C=O) groups excluding carboxylic acids is 3. The second-order valence-electron chi connectivity index (χ2n) is 6.07. The first-order valence-electron chi connectivity index (χ1n) is 8.44. The van der Waals surface area contributed by atoms with Crippen LogP contribution in [0.5, 0.6) is 0 Å². The van der Waals surface area contributed by atoms with Gasteiger partial charge in [-0.25, -0.2) is 0 Å². The third-order valence-corrected chi connectivity index (χ3v) is 4.14. The van der Waals surface area contributed by atoms with Gasteiger partial charge < -0.3 is 11.1 Å². The third-order valence-electron chi connectivity index (χ3n) is 4.14. The van der Waals surface area contributed by atoms with E-state index in [-0.39, 0.29) is 12.0 Å². The summed E-state index contributed by atoms with van der Waals surface area (Å²) in [6.07, 6.45) is 6.02. The van der Waals surface area contributed by atoms with Crippen LogP contribution in [0.4, 0.5) is 0 Å². The number of Topliss-reactive ketones (excluding diaryl/α,β-unsaturated/α-hetero) is 1. The van der Waals surface area contributed by atoms with Gasteiger partial charge in [-0.15, -0.1) is 0 Å². The van der Waals surface area contributed by atoms with E-state index in [4.69, 9.17) is 5.73 Å². The Balaban J connectivity index is 1.89. The Morgan fingerprint density at radius 3 is 2.54 bits per heavy atom. The summed E-state index contributed by atoms with van der Waals surface area (Å²) in [4.78, 5) is 44.7. The smallest absolute Gasteiger partial charge is 0.287 e. The van der Waals surface area contributed by atoms with Crippen LogP contribution in [0.2, 0.25) is 0 Å². The van der Waals surface area contributed by atoms with Crippen molar-refractivity contribution in [1.82, 2.24) is 25.1 Å². The lowest BCUT2D eigenvalue weighted by atomic mass is 10.0. The number of ketones is 1. The maximum Gasteiger partial charge on any atom is 0.287 e. The maximum atomic E-state index is 12.9. The molecule has 9 nitrogen and oxygen atoms in total. The standard InChI is InChI=1S/C19H18N6O3/c1-25-16(15-11-21-7-8-22-15)13(10-23-25)19(28)24-14(17(26)18(20)27)9-12-5-3-2-4-6-12/h2-8,10-11,14H,9H2,1H3,(H2,20,27)(H,24,28). The Morgan fingerprint density at radius 1 is 1.14 bits per heavy atom. The van der Waals surface area contributed by atoms with E-state index in [1.165, 1.54) is 29.5 Å². The molecular weight excluding hydrogens is 360 g/mol. The molecule has 0 bridgehead atoms. The van der Waals surface area contributed by atoms with Crippen molar-refractivity contribution in [2.24, 2.45) is 12.8 Å². The molecule has 2 aromatic heterocycles. The SMILES string of the molecule is Cn1ncc(C(=O)NC(Cc2ccccc2)C(=O)C(N)=O)c1-c1cnccn1. The van der Waals surface area contributed by atoms with Crippen LogP contribution in [0.3, 0.4) is 0 Å². The Hall–Kier alpha value is -3.88. The van der Waals surface area contributed by atoms with Crippen LogP contribution in [0.1, 0.15) is 15.9 Å². The highest BCUT2D eigenvalue weighted by molar-refractivity contribution is 6.38. The zero-order chi connectivity index (χ0) is 20.1. The van der Waals surface area contributed by atoms with Crippen molar-refractivity contribution in [2.45, 2.75) is 12.5 Å². The van der Waals surface area contributed by atoms with Crippen LogP contribution < -0.4 is 11.1 Å². The topological polar surface area (TPSA) is 133 Å². The number of benzene rings is 1. The molecule has 0 fully saturated rings. The summed E-state index contributed by atoms with van der Waals surface area (Å²) < 4.78 is 1.49. The van der Waals surface area contributed by atoms with Gasteiger partial charge in [-0.3, -0.25) is 29.0 Å². The summed E-state index contributed by atoms with van der Waals surface area (Å²) in [6, 6.07) is 7.93. The molecule has 0 aliphatic rings. The Bertz CT molecular complexity index is 1000. The summed E-state index contributed by atoms with van der Waals surface area (Å²) in [6.45, 7) is 0. The molecule has 0 saturated heterocycles. The van der Waals surface area contributed by atoms with Gasteiger partial charge in [-0.2, -0.15) is 5.10 Å². The van der Waals surface area contributed by atoms with Crippen LogP contribution in [-0.4, -0.2) is 43.4 Å². The van der Waals surface area contributed by atoms with E-state index in [1.807, 2.05) is 6.07 Å². The van der Waals surface area contributed by atoms with E-state index in [9.17, 15) is 14.4 Å². The van der Waals surface area contributed by atoms with Gasteiger partial charge in [-0.1, -0.05) is 30.3 Å². The van der Waals surface area contributed by atoms with Gasteiger partial charge >= 0.3 is 0 Å². The van der Waals surface area contributed by atoms with Gasteiger partial charge in [-0.05, 0) is 5.56 Å². The molecule has 3 rings (SSSR count). The van der Waals surface area contributed by atoms with Crippen molar-refractivity contribution in [2.75, 3.05) is 0 Å². The van der Waals surface area contributed by atoms with E-state index in [2.05, 4.69) is 20.4 Å². The number of nitrogens with zero attached hydrogens (tertiary/aromatic N) is 4. The average Bonchev–Trinajstić information content (AvgIpc) is 3.09. The van der Waals surface area contributed by atoms with Gasteiger partial charge in [0.25, 0.3) is 11.8 Å². The van der Waals surface area contributed by atoms with Crippen molar-refractivity contribution in [1.29, 1.82) is 0 Å². The zero-order valence-electron chi connectivity index (χ0n) is 15.1. The lowest BCUT2D eigenvalue weighted by molar-refractivity contribution is -0.137. The third kappa shape index (κ3) is 4.09. The van der Waals surface area contributed by atoms with Gasteiger partial charge in [0.05, 0.1) is 18.0 Å². The Labute approximate surface area is 160 Å². The quantitative estimate of drug-likeness (QED) is 0.567. The van der Waals surface area contributed by atoms with Gasteiger partial charge in [0.1, 0.15) is 17.4 Å². The number of carbonyl (C=O) groups is 3. The molecule has 142 valence electrons. The number of hydrogen-bond donors (Lipinski definition) is 2. The zero-order valence-corrected chi connectivity index (χ0v) is 15.1. The van der Waals surface area contributed by atoms with Crippen LogP contribution in [0.15, 0.2) is 55.1 Å². The minimum atomic E-state index is -1.11. The normalized spacial score (nSPS) is 11.6. The molecule has 2 heterocycles. The fourth-order valence-corrected chi connectivity index (χ4v) is 2.80. The molecule has 0 aliphatic heterocycles. The maximum absolute atomic E-state index is 12.9. The average molecular weight is 378 g/mol. The summed E-state index contributed by atoms with van der Waals surface area (Å²) in [5, 5.41) is 6.69.